The van der Waals surface area contributed by atoms with Crippen LogP contribution in [0.25, 0.3) is 6.08 Å². The van der Waals surface area contributed by atoms with Gasteiger partial charge in [-0.3, -0.25) is 4.79 Å². The Balaban J connectivity index is 1.25. The molecule has 2 aromatic carbocycles. The van der Waals surface area contributed by atoms with Crippen molar-refractivity contribution >= 4 is 12.0 Å². The van der Waals surface area contributed by atoms with Gasteiger partial charge in [-0.1, -0.05) is 42.5 Å². The van der Waals surface area contributed by atoms with Crippen LogP contribution >= 0.6 is 0 Å². The Morgan fingerprint density at radius 2 is 1.77 bits per heavy atom. The quantitative estimate of drug-likeness (QED) is 0.662. The number of likely N-dealkylation sites (tertiary alicyclic amines) is 1. The first kappa shape index (κ1) is 20.6. The Hall–Kier alpha value is -2.63. The predicted octanol–water partition coefficient (Wildman–Crippen LogP) is 2.82. The number of amides is 1. The maximum Gasteiger partial charge on any atom is 0.246 e. The van der Waals surface area contributed by atoms with Crippen molar-refractivity contribution in [3.8, 4) is 5.75 Å². The van der Waals surface area contributed by atoms with Crippen LogP contribution < -0.4 is 10.1 Å². The number of hydrogen-bond donors (Lipinski definition) is 2. The van der Waals surface area contributed by atoms with Gasteiger partial charge in [-0.05, 0) is 49.0 Å². The van der Waals surface area contributed by atoms with Gasteiger partial charge in [-0.2, -0.15) is 0 Å². The van der Waals surface area contributed by atoms with Gasteiger partial charge in [-0.25, -0.2) is 0 Å². The van der Waals surface area contributed by atoms with Crippen LogP contribution in [0.5, 0.6) is 5.75 Å². The number of fused-ring (bicyclic) bond motifs is 1. The SMILES string of the molecule is O=C(C=Cc1ccccc1OCC(O)CNC1Cc2ccccc2C1)N1CCCC1. The standard InChI is InChI=1S/C25H30N2O3/c28-23(17-26-22-15-20-8-1-2-9-21(20)16-22)18-30-24-10-4-3-7-19(24)11-12-25(29)27-13-5-6-14-27/h1-4,7-12,22-23,26,28H,5-6,13-18H2. The smallest absolute Gasteiger partial charge is 0.246 e. The largest absolute Gasteiger partial charge is 0.490 e. The number of nitrogens with one attached hydrogen (secondary N) is 1. The zero-order chi connectivity index (χ0) is 20.8. The van der Waals surface area contributed by atoms with Crippen LogP contribution in [0.15, 0.2) is 54.6 Å². The first-order chi connectivity index (χ1) is 14.7. The second-order valence-electron chi connectivity index (χ2n) is 8.15. The first-order valence-corrected chi connectivity index (χ1v) is 10.9. The molecule has 1 heterocycles. The van der Waals surface area contributed by atoms with Gasteiger partial charge in [0.1, 0.15) is 18.5 Å². The van der Waals surface area contributed by atoms with Crippen LogP contribution in [0.3, 0.4) is 0 Å². The van der Waals surface area contributed by atoms with Crippen molar-refractivity contribution in [2.45, 2.75) is 37.8 Å². The fraction of sp³-hybridized carbons (Fsp3) is 0.400. The molecule has 0 saturated carbocycles. The van der Waals surface area contributed by atoms with Gasteiger partial charge in [-0.15, -0.1) is 0 Å². The number of benzene rings is 2. The highest BCUT2D eigenvalue weighted by atomic mass is 16.5. The number of hydrogen-bond acceptors (Lipinski definition) is 4. The predicted molar refractivity (Wildman–Crippen MR) is 118 cm³/mol. The lowest BCUT2D eigenvalue weighted by atomic mass is 10.1. The van der Waals surface area contributed by atoms with Gasteiger partial charge in [0.15, 0.2) is 0 Å². The van der Waals surface area contributed by atoms with Crippen LogP contribution in [-0.4, -0.2) is 54.3 Å². The van der Waals surface area contributed by atoms with Crippen LogP contribution in [0.4, 0.5) is 0 Å². The van der Waals surface area contributed by atoms with Crippen molar-refractivity contribution in [3.05, 3.63) is 71.3 Å². The van der Waals surface area contributed by atoms with Gasteiger partial charge in [0, 0.05) is 37.3 Å². The third kappa shape index (κ3) is 5.29. The van der Waals surface area contributed by atoms with Gasteiger partial charge in [0.05, 0.1) is 0 Å². The van der Waals surface area contributed by atoms with Crippen LogP contribution in [0, 0.1) is 0 Å². The molecule has 4 rings (SSSR count). The summed E-state index contributed by atoms with van der Waals surface area (Å²) in [5.74, 6) is 0.722. The lowest BCUT2D eigenvalue weighted by Gasteiger charge is -2.17. The highest BCUT2D eigenvalue weighted by Crippen LogP contribution is 2.22. The van der Waals surface area contributed by atoms with Gasteiger partial charge in [0.25, 0.3) is 0 Å². The summed E-state index contributed by atoms with van der Waals surface area (Å²) >= 11 is 0. The molecule has 30 heavy (non-hydrogen) atoms. The summed E-state index contributed by atoms with van der Waals surface area (Å²) in [7, 11) is 0. The zero-order valence-corrected chi connectivity index (χ0v) is 17.3. The van der Waals surface area contributed by atoms with E-state index in [2.05, 4.69) is 29.6 Å². The van der Waals surface area contributed by atoms with E-state index in [1.54, 1.807) is 12.2 Å². The second-order valence-corrected chi connectivity index (χ2v) is 8.15. The molecule has 1 amide bonds. The Morgan fingerprint density at radius 1 is 1.10 bits per heavy atom. The summed E-state index contributed by atoms with van der Waals surface area (Å²) in [6, 6.07) is 16.5. The van der Waals surface area contributed by atoms with Crippen LogP contribution in [0.1, 0.15) is 29.5 Å². The maximum absolute atomic E-state index is 12.2. The Labute approximate surface area is 178 Å². The number of aliphatic hydroxyl groups excluding tert-OH is 1. The summed E-state index contributed by atoms with van der Waals surface area (Å²) in [4.78, 5) is 14.1. The van der Waals surface area contributed by atoms with Crippen LogP contribution in [0.2, 0.25) is 0 Å². The highest BCUT2D eigenvalue weighted by Gasteiger charge is 2.21. The van der Waals surface area contributed by atoms with Crippen molar-refractivity contribution in [1.29, 1.82) is 0 Å². The summed E-state index contributed by atoms with van der Waals surface area (Å²) in [5.41, 5.74) is 3.63. The Morgan fingerprint density at radius 3 is 2.50 bits per heavy atom. The van der Waals surface area contributed by atoms with E-state index in [0.717, 1.165) is 44.3 Å². The average molecular weight is 407 g/mol. The molecule has 1 aliphatic heterocycles. The van der Waals surface area contributed by atoms with Gasteiger partial charge in [0.2, 0.25) is 5.91 Å². The van der Waals surface area contributed by atoms with Crippen LogP contribution in [-0.2, 0) is 17.6 Å². The monoisotopic (exact) mass is 406 g/mol. The number of rotatable bonds is 8. The molecule has 158 valence electrons. The highest BCUT2D eigenvalue weighted by molar-refractivity contribution is 5.92. The van der Waals surface area contributed by atoms with Gasteiger partial charge < -0.3 is 20.1 Å². The lowest BCUT2D eigenvalue weighted by Crippen LogP contribution is -2.38. The molecular weight excluding hydrogens is 376 g/mol. The fourth-order valence-corrected chi connectivity index (χ4v) is 4.20. The third-order valence-electron chi connectivity index (χ3n) is 5.87. The first-order valence-electron chi connectivity index (χ1n) is 10.9. The third-order valence-corrected chi connectivity index (χ3v) is 5.87. The van der Waals surface area contributed by atoms with E-state index >= 15 is 0 Å². The number of nitrogens with zero attached hydrogens (tertiary/aromatic N) is 1. The molecule has 0 radical (unpaired) electrons. The van der Waals surface area contributed by atoms with Crippen molar-refractivity contribution in [2.75, 3.05) is 26.2 Å². The van der Waals surface area contributed by atoms with Crippen molar-refractivity contribution in [1.82, 2.24) is 10.2 Å². The minimum Gasteiger partial charge on any atom is -0.490 e. The number of para-hydroxylation sites is 1. The summed E-state index contributed by atoms with van der Waals surface area (Å²) in [6.07, 6.45) is 6.98. The van der Waals surface area contributed by atoms with E-state index in [0.29, 0.717) is 18.3 Å². The summed E-state index contributed by atoms with van der Waals surface area (Å²) in [6.45, 7) is 2.38. The molecular formula is C25H30N2O3. The second kappa shape index (κ2) is 9.92. The van der Waals surface area contributed by atoms with E-state index in [-0.39, 0.29) is 12.5 Å². The molecule has 1 saturated heterocycles. The van der Waals surface area contributed by atoms with Crippen molar-refractivity contribution in [2.24, 2.45) is 0 Å². The summed E-state index contributed by atoms with van der Waals surface area (Å²) in [5, 5.41) is 13.8. The molecule has 5 heteroatoms. The van der Waals surface area contributed by atoms with E-state index in [9.17, 15) is 9.90 Å². The maximum atomic E-state index is 12.2. The average Bonchev–Trinajstić information content (AvgIpc) is 3.45. The molecule has 0 spiro atoms. The normalized spacial score (nSPS) is 17.4. The lowest BCUT2D eigenvalue weighted by molar-refractivity contribution is -0.124. The molecule has 1 fully saturated rings. The number of carbonyl (C=O) groups is 1. The molecule has 0 bridgehead atoms. The molecule has 1 aliphatic carbocycles. The number of aliphatic hydroxyl groups is 1. The molecule has 5 nitrogen and oxygen atoms in total. The fourth-order valence-electron chi connectivity index (χ4n) is 4.20. The number of carbonyl (C=O) groups excluding carboxylic acids is 1. The molecule has 2 aliphatic rings. The van der Waals surface area contributed by atoms with E-state index < -0.39 is 6.10 Å². The van der Waals surface area contributed by atoms with E-state index in [4.69, 9.17) is 4.74 Å². The molecule has 1 atom stereocenters. The zero-order valence-electron chi connectivity index (χ0n) is 17.3. The van der Waals surface area contributed by atoms with E-state index in [1.807, 2.05) is 29.2 Å². The van der Waals surface area contributed by atoms with Crippen molar-refractivity contribution < 1.29 is 14.6 Å². The Kier molecular flexibility index (Phi) is 6.82. The molecule has 0 aromatic heterocycles. The van der Waals surface area contributed by atoms with Gasteiger partial charge >= 0.3 is 0 Å². The topological polar surface area (TPSA) is 61.8 Å². The Bertz CT molecular complexity index is 864. The van der Waals surface area contributed by atoms with Crippen molar-refractivity contribution in [3.63, 3.8) is 0 Å². The molecule has 2 N–H and O–H groups in total. The number of ether oxygens (including phenoxy) is 1. The van der Waals surface area contributed by atoms with E-state index in [1.165, 1.54) is 11.1 Å². The summed E-state index contributed by atoms with van der Waals surface area (Å²) < 4.78 is 5.87. The minimum atomic E-state index is -0.600. The molecule has 2 aromatic rings. The molecule has 1 unspecified atom stereocenters. The minimum absolute atomic E-state index is 0.0455.